The van der Waals surface area contributed by atoms with Crippen molar-refractivity contribution in [3.05, 3.63) is 0 Å². The van der Waals surface area contributed by atoms with Crippen LogP contribution in [0.5, 0.6) is 0 Å². The number of hydrogen-bond donors (Lipinski definition) is 0. The van der Waals surface area contributed by atoms with Gasteiger partial charge in [-0.25, -0.2) is 0 Å². The lowest BCUT2D eigenvalue weighted by atomic mass is 9.53. The maximum Gasteiger partial charge on any atom is -0.0218 e. The summed E-state index contributed by atoms with van der Waals surface area (Å²) in [6, 6.07) is 0. The molecule has 4 atom stereocenters. The zero-order valence-electron chi connectivity index (χ0n) is 13.9. The van der Waals surface area contributed by atoms with Gasteiger partial charge in [0.25, 0.3) is 0 Å². The Morgan fingerprint density at radius 1 is 0.947 bits per heavy atom. The smallest absolute Gasteiger partial charge is 0.0218 e. The summed E-state index contributed by atoms with van der Waals surface area (Å²) in [7, 11) is 0. The van der Waals surface area contributed by atoms with E-state index in [1.165, 1.54) is 70.6 Å². The van der Waals surface area contributed by atoms with Crippen LogP contribution < -0.4 is 0 Å². The third kappa shape index (κ3) is 2.88. The SMILES string of the molecule is CCCC1(C)CC(C)CCCCC[C@]12CCC[C@@H]2C. The molecule has 19 heavy (non-hydrogen) atoms. The predicted octanol–water partition coefficient (Wildman–Crippen LogP) is 6.59. The summed E-state index contributed by atoms with van der Waals surface area (Å²) in [6.45, 7) is 10.2. The Balaban J connectivity index is 2.31. The molecule has 0 N–H and O–H groups in total. The average Bonchev–Trinajstić information content (AvgIpc) is 2.73. The molecule has 0 bridgehead atoms. The minimum atomic E-state index is 0.613. The molecular formula is C19H36. The lowest BCUT2D eigenvalue weighted by molar-refractivity contribution is -0.0190. The molecule has 0 aromatic heterocycles. The summed E-state index contributed by atoms with van der Waals surface area (Å²) >= 11 is 0. The van der Waals surface area contributed by atoms with E-state index in [1.807, 2.05) is 0 Å². The van der Waals surface area contributed by atoms with Gasteiger partial charge in [0.2, 0.25) is 0 Å². The van der Waals surface area contributed by atoms with Crippen LogP contribution in [0.2, 0.25) is 0 Å². The second-order valence-electron chi connectivity index (χ2n) is 8.17. The molecule has 0 heterocycles. The standard InChI is InChI=1S/C19H36/c1-5-12-18(4)15-16(2)10-7-6-8-13-19(18)14-9-11-17(19)3/h16-17H,5-15H2,1-4H3/t16?,17-,18?,19+/m0/s1. The van der Waals surface area contributed by atoms with Crippen LogP contribution in [0, 0.1) is 22.7 Å². The van der Waals surface area contributed by atoms with Gasteiger partial charge in [0.05, 0.1) is 0 Å². The maximum atomic E-state index is 2.67. The lowest BCUT2D eigenvalue weighted by Crippen LogP contribution is -2.43. The molecule has 1 spiro atoms. The van der Waals surface area contributed by atoms with Gasteiger partial charge in [-0.1, -0.05) is 72.6 Å². The van der Waals surface area contributed by atoms with E-state index in [0.29, 0.717) is 10.8 Å². The number of rotatable bonds is 2. The molecule has 0 heteroatoms. The molecule has 2 fully saturated rings. The molecule has 2 aliphatic carbocycles. The van der Waals surface area contributed by atoms with Gasteiger partial charge in [-0.3, -0.25) is 0 Å². The molecule has 2 saturated carbocycles. The van der Waals surface area contributed by atoms with E-state index in [9.17, 15) is 0 Å². The molecule has 112 valence electrons. The first-order valence-electron chi connectivity index (χ1n) is 9.04. The highest BCUT2D eigenvalue weighted by Gasteiger charge is 2.52. The van der Waals surface area contributed by atoms with E-state index in [2.05, 4.69) is 27.7 Å². The molecule has 0 aromatic rings. The summed E-state index contributed by atoms with van der Waals surface area (Å²) in [5.41, 5.74) is 1.29. The van der Waals surface area contributed by atoms with Crippen LogP contribution in [-0.4, -0.2) is 0 Å². The van der Waals surface area contributed by atoms with Crippen LogP contribution in [-0.2, 0) is 0 Å². The molecule has 2 rings (SSSR count). The Hall–Kier alpha value is 0. The van der Waals surface area contributed by atoms with E-state index in [4.69, 9.17) is 0 Å². The monoisotopic (exact) mass is 264 g/mol. The quantitative estimate of drug-likeness (QED) is 0.528. The summed E-state index contributed by atoms with van der Waals surface area (Å²) in [5.74, 6) is 1.91. The fourth-order valence-corrected chi connectivity index (χ4v) is 5.90. The van der Waals surface area contributed by atoms with Crippen molar-refractivity contribution in [2.24, 2.45) is 22.7 Å². The molecule has 0 aromatic carbocycles. The van der Waals surface area contributed by atoms with Gasteiger partial charge < -0.3 is 0 Å². The molecule has 2 aliphatic rings. The first-order chi connectivity index (χ1) is 9.04. The first-order valence-corrected chi connectivity index (χ1v) is 9.04. The van der Waals surface area contributed by atoms with Gasteiger partial charge in [0.15, 0.2) is 0 Å². The van der Waals surface area contributed by atoms with Crippen molar-refractivity contribution in [3.8, 4) is 0 Å². The third-order valence-corrected chi connectivity index (χ3v) is 6.83. The van der Waals surface area contributed by atoms with Gasteiger partial charge in [-0.05, 0) is 48.3 Å². The summed E-state index contributed by atoms with van der Waals surface area (Å²) in [6.07, 6.45) is 16.3. The van der Waals surface area contributed by atoms with Crippen LogP contribution in [0.25, 0.3) is 0 Å². The lowest BCUT2D eigenvalue weighted by Gasteiger charge is -2.51. The molecule has 0 aliphatic heterocycles. The van der Waals surface area contributed by atoms with Gasteiger partial charge in [-0.2, -0.15) is 0 Å². The summed E-state index contributed by atoms with van der Waals surface area (Å²) in [5, 5.41) is 0. The van der Waals surface area contributed by atoms with Crippen molar-refractivity contribution in [1.29, 1.82) is 0 Å². The van der Waals surface area contributed by atoms with Crippen molar-refractivity contribution in [2.45, 2.75) is 98.3 Å². The fourth-order valence-electron chi connectivity index (χ4n) is 5.90. The van der Waals surface area contributed by atoms with Crippen molar-refractivity contribution < 1.29 is 0 Å². The van der Waals surface area contributed by atoms with E-state index >= 15 is 0 Å². The van der Waals surface area contributed by atoms with E-state index in [1.54, 1.807) is 0 Å². The van der Waals surface area contributed by atoms with E-state index < -0.39 is 0 Å². The molecular weight excluding hydrogens is 228 g/mol. The zero-order valence-corrected chi connectivity index (χ0v) is 13.9. The van der Waals surface area contributed by atoms with Crippen LogP contribution >= 0.6 is 0 Å². The van der Waals surface area contributed by atoms with Crippen molar-refractivity contribution in [3.63, 3.8) is 0 Å². The highest BCUT2D eigenvalue weighted by molar-refractivity contribution is 5.02. The predicted molar refractivity (Wildman–Crippen MR) is 85.3 cm³/mol. The number of hydrogen-bond acceptors (Lipinski definition) is 0. The summed E-state index contributed by atoms with van der Waals surface area (Å²) in [4.78, 5) is 0. The second kappa shape index (κ2) is 6.19. The van der Waals surface area contributed by atoms with Crippen molar-refractivity contribution >= 4 is 0 Å². The van der Waals surface area contributed by atoms with Crippen LogP contribution in [0.3, 0.4) is 0 Å². The van der Waals surface area contributed by atoms with Crippen LogP contribution in [0.1, 0.15) is 98.3 Å². The largest absolute Gasteiger partial charge is 0.0654 e. The van der Waals surface area contributed by atoms with Gasteiger partial charge in [0, 0.05) is 0 Å². The van der Waals surface area contributed by atoms with Crippen LogP contribution in [0.15, 0.2) is 0 Å². The summed E-state index contributed by atoms with van der Waals surface area (Å²) < 4.78 is 0. The molecule has 2 unspecified atom stereocenters. The molecule has 0 amide bonds. The normalized spacial score (nSPS) is 44.8. The van der Waals surface area contributed by atoms with Crippen molar-refractivity contribution in [2.75, 3.05) is 0 Å². The Morgan fingerprint density at radius 3 is 2.32 bits per heavy atom. The third-order valence-electron chi connectivity index (χ3n) is 6.83. The Bertz CT molecular complexity index is 282. The topological polar surface area (TPSA) is 0 Å². The fraction of sp³-hybridized carbons (Fsp3) is 1.00. The van der Waals surface area contributed by atoms with E-state index in [0.717, 1.165) is 11.8 Å². The van der Waals surface area contributed by atoms with Crippen LogP contribution in [0.4, 0.5) is 0 Å². The molecule has 0 nitrogen and oxygen atoms in total. The highest BCUT2D eigenvalue weighted by atomic mass is 14.6. The minimum Gasteiger partial charge on any atom is -0.0654 e. The Morgan fingerprint density at radius 2 is 1.68 bits per heavy atom. The van der Waals surface area contributed by atoms with Gasteiger partial charge in [0.1, 0.15) is 0 Å². The zero-order chi connectivity index (χ0) is 13.9. The van der Waals surface area contributed by atoms with Gasteiger partial charge >= 0.3 is 0 Å². The highest BCUT2D eigenvalue weighted by Crippen LogP contribution is 2.62. The van der Waals surface area contributed by atoms with E-state index in [-0.39, 0.29) is 0 Å². The van der Waals surface area contributed by atoms with Gasteiger partial charge in [-0.15, -0.1) is 0 Å². The minimum absolute atomic E-state index is 0.613. The Labute approximate surface area is 121 Å². The average molecular weight is 264 g/mol. The molecule has 0 radical (unpaired) electrons. The first kappa shape index (κ1) is 15.4. The second-order valence-corrected chi connectivity index (χ2v) is 8.17. The molecule has 0 saturated heterocycles. The maximum absolute atomic E-state index is 2.67. The Kier molecular flexibility index (Phi) is 5.01. The van der Waals surface area contributed by atoms with Crippen molar-refractivity contribution in [1.82, 2.24) is 0 Å².